The zero-order valence-electron chi connectivity index (χ0n) is 20.1. The molecule has 4 heterocycles. The molecule has 3 aromatic rings. The number of likely N-dealkylation sites (tertiary alicyclic amines) is 1. The van der Waals surface area contributed by atoms with E-state index in [1.54, 1.807) is 26.6 Å². The van der Waals surface area contributed by atoms with Gasteiger partial charge >= 0.3 is 0 Å². The third-order valence-corrected chi connectivity index (χ3v) is 6.84. The number of rotatable bonds is 4. The number of carbonyl (C=O) groups is 2. The van der Waals surface area contributed by atoms with E-state index in [4.69, 9.17) is 5.73 Å². The van der Waals surface area contributed by atoms with Crippen molar-refractivity contribution in [1.29, 1.82) is 0 Å². The summed E-state index contributed by atoms with van der Waals surface area (Å²) in [6.07, 6.45) is 4.78. The largest absolute Gasteiger partial charge is 0.368 e. The van der Waals surface area contributed by atoms with Gasteiger partial charge in [0.25, 0.3) is 11.5 Å². The van der Waals surface area contributed by atoms with Crippen LogP contribution in [0.1, 0.15) is 18.0 Å². The summed E-state index contributed by atoms with van der Waals surface area (Å²) >= 11 is 0. The van der Waals surface area contributed by atoms with Crippen LogP contribution in [0.5, 0.6) is 0 Å². The van der Waals surface area contributed by atoms with E-state index in [0.29, 0.717) is 49.3 Å². The molecule has 2 aliphatic rings. The second-order valence-electron chi connectivity index (χ2n) is 8.93. The molecule has 0 aliphatic carbocycles. The van der Waals surface area contributed by atoms with Crippen molar-refractivity contribution in [3.05, 3.63) is 71.7 Å². The molecule has 2 N–H and O–H groups in total. The second kappa shape index (κ2) is 8.95. The number of para-hydroxylation sites is 1. The maximum atomic E-state index is 14.1. The van der Waals surface area contributed by atoms with E-state index >= 15 is 0 Å². The lowest BCUT2D eigenvalue weighted by Crippen LogP contribution is -2.44. The summed E-state index contributed by atoms with van der Waals surface area (Å²) in [4.78, 5) is 52.7. The average molecular weight is 486 g/mol. The highest BCUT2D eigenvalue weighted by Gasteiger charge is 2.33. The maximum absolute atomic E-state index is 14.1. The Morgan fingerprint density at radius 1 is 1.11 bits per heavy atom. The zero-order chi connectivity index (χ0) is 25.6. The number of hydrogen-bond donors (Lipinski definition) is 1. The monoisotopic (exact) mass is 485 g/mol. The highest BCUT2D eigenvalue weighted by molar-refractivity contribution is 6.05. The van der Waals surface area contributed by atoms with Crippen LogP contribution in [-0.4, -0.2) is 57.4 Å². The summed E-state index contributed by atoms with van der Waals surface area (Å²) in [7, 11) is 0. The number of hydrogen-bond acceptors (Lipinski definition) is 7. The topological polar surface area (TPSA) is 118 Å². The van der Waals surface area contributed by atoms with E-state index in [-0.39, 0.29) is 29.4 Å². The molecule has 2 amide bonds. The van der Waals surface area contributed by atoms with Crippen molar-refractivity contribution in [1.82, 2.24) is 19.4 Å². The molecule has 1 fully saturated rings. The molecule has 0 radical (unpaired) electrons. The Morgan fingerprint density at radius 3 is 2.64 bits per heavy atom. The lowest BCUT2D eigenvalue weighted by atomic mass is 10.1. The lowest BCUT2D eigenvalue weighted by molar-refractivity contribution is -0.125. The summed E-state index contributed by atoms with van der Waals surface area (Å²) in [5, 5.41) is 0.658. The number of amides is 2. The van der Waals surface area contributed by atoms with Crippen LogP contribution < -0.4 is 21.1 Å². The van der Waals surface area contributed by atoms with Crippen molar-refractivity contribution in [3.63, 3.8) is 0 Å². The fourth-order valence-electron chi connectivity index (χ4n) is 5.16. The van der Waals surface area contributed by atoms with Gasteiger partial charge in [0.1, 0.15) is 11.3 Å². The Morgan fingerprint density at radius 2 is 1.89 bits per heavy atom. The molecule has 0 bridgehead atoms. The Labute approximate surface area is 207 Å². The molecule has 1 aromatic carbocycles. The predicted octanol–water partition coefficient (Wildman–Crippen LogP) is 2.31. The Balaban J connectivity index is 1.69. The normalized spacial score (nSPS) is 17.2. The van der Waals surface area contributed by atoms with Crippen molar-refractivity contribution in [2.75, 3.05) is 41.7 Å². The molecule has 36 heavy (non-hydrogen) atoms. The Kier molecular flexibility index (Phi) is 5.79. The summed E-state index contributed by atoms with van der Waals surface area (Å²) < 4.78 is 1.63. The number of aryl methyl sites for hydroxylation is 1. The number of nitrogens with two attached hydrogens (primary N) is 1. The second-order valence-corrected chi connectivity index (χ2v) is 8.93. The number of pyridine rings is 1. The summed E-state index contributed by atoms with van der Waals surface area (Å²) in [6.45, 7) is 10.8. The molecule has 10 nitrogen and oxygen atoms in total. The minimum absolute atomic E-state index is 0.0675. The van der Waals surface area contributed by atoms with Gasteiger partial charge in [0, 0.05) is 37.8 Å². The number of nitrogen functional groups attached to an aromatic ring is 1. The standard InChI is InChI=1S/C26H27N7O3/c1-4-21(34)30-10-9-18(15-30)33-24-17(14-28-26(27)29-24)13-20(25(33)36)31-11-12-32(22(35)5-2)23-16(3)7-6-8-19(23)31/h4-8,13-14,18H,1-2,9-12,15H2,3H3,(H2,27,28,29)/t18-/m0/s1. The molecule has 5 rings (SSSR count). The average Bonchev–Trinajstić information content (AvgIpc) is 3.37. The smallest absolute Gasteiger partial charge is 0.276 e. The van der Waals surface area contributed by atoms with E-state index in [1.807, 2.05) is 30.0 Å². The van der Waals surface area contributed by atoms with Crippen LogP contribution in [0.15, 0.2) is 60.6 Å². The Hall–Kier alpha value is -4.47. The highest BCUT2D eigenvalue weighted by atomic mass is 16.2. The molecular formula is C26H27N7O3. The van der Waals surface area contributed by atoms with Gasteiger partial charge in [-0.2, -0.15) is 4.98 Å². The molecular weight excluding hydrogens is 458 g/mol. The van der Waals surface area contributed by atoms with E-state index in [2.05, 4.69) is 23.1 Å². The summed E-state index contributed by atoms with van der Waals surface area (Å²) in [6, 6.07) is 7.23. The number of aromatic nitrogens is 3. The number of benzene rings is 1. The SMILES string of the molecule is C=CC(=O)N1CC[C@H](n2c(=O)c(N3CCN(C(=O)C=C)c4c(C)cccc43)cc3cnc(N)nc32)C1. The highest BCUT2D eigenvalue weighted by Crippen LogP contribution is 2.40. The Bertz CT molecular complexity index is 1480. The van der Waals surface area contributed by atoms with Crippen LogP contribution >= 0.6 is 0 Å². The van der Waals surface area contributed by atoms with Crippen molar-refractivity contribution in [2.24, 2.45) is 0 Å². The van der Waals surface area contributed by atoms with E-state index in [0.717, 1.165) is 16.9 Å². The molecule has 2 aromatic heterocycles. The van der Waals surface area contributed by atoms with Crippen LogP contribution in [0.3, 0.4) is 0 Å². The molecule has 2 aliphatic heterocycles. The van der Waals surface area contributed by atoms with E-state index in [9.17, 15) is 14.4 Å². The quantitative estimate of drug-likeness (QED) is 0.564. The van der Waals surface area contributed by atoms with Crippen LogP contribution in [0.25, 0.3) is 11.0 Å². The van der Waals surface area contributed by atoms with Crippen LogP contribution in [0.2, 0.25) is 0 Å². The van der Waals surface area contributed by atoms with Gasteiger partial charge in [0.2, 0.25) is 11.9 Å². The van der Waals surface area contributed by atoms with Gasteiger partial charge in [-0.25, -0.2) is 4.98 Å². The van der Waals surface area contributed by atoms with Crippen LogP contribution in [-0.2, 0) is 9.59 Å². The van der Waals surface area contributed by atoms with Crippen molar-refractivity contribution in [2.45, 2.75) is 19.4 Å². The van der Waals surface area contributed by atoms with Crippen LogP contribution in [0.4, 0.5) is 23.0 Å². The molecule has 0 unspecified atom stereocenters. The lowest BCUT2D eigenvalue weighted by Gasteiger charge is -2.38. The van der Waals surface area contributed by atoms with Crippen LogP contribution in [0, 0.1) is 6.92 Å². The first-order valence-electron chi connectivity index (χ1n) is 11.7. The van der Waals surface area contributed by atoms with Gasteiger partial charge in [-0.15, -0.1) is 0 Å². The van der Waals surface area contributed by atoms with Crippen molar-refractivity contribution >= 4 is 45.9 Å². The number of nitrogens with zero attached hydrogens (tertiary/aromatic N) is 6. The first-order chi connectivity index (χ1) is 17.3. The van der Waals surface area contributed by atoms with Gasteiger partial charge in [0.15, 0.2) is 0 Å². The maximum Gasteiger partial charge on any atom is 0.276 e. The molecule has 0 saturated carbocycles. The van der Waals surface area contributed by atoms with Gasteiger partial charge in [-0.1, -0.05) is 25.3 Å². The number of carbonyl (C=O) groups excluding carboxylic acids is 2. The zero-order valence-corrected chi connectivity index (χ0v) is 20.1. The predicted molar refractivity (Wildman–Crippen MR) is 139 cm³/mol. The first kappa shape index (κ1) is 23.3. The summed E-state index contributed by atoms with van der Waals surface area (Å²) in [5.74, 6) is -0.298. The molecule has 1 atom stereocenters. The van der Waals surface area contributed by atoms with Gasteiger partial charge in [0.05, 0.1) is 17.4 Å². The molecule has 1 saturated heterocycles. The third kappa shape index (κ3) is 3.71. The summed E-state index contributed by atoms with van der Waals surface area (Å²) in [5.41, 5.74) is 8.94. The minimum Gasteiger partial charge on any atom is -0.368 e. The molecule has 10 heteroatoms. The minimum atomic E-state index is -0.279. The fourth-order valence-corrected chi connectivity index (χ4v) is 5.16. The van der Waals surface area contributed by atoms with E-state index < -0.39 is 0 Å². The molecule has 0 spiro atoms. The fraction of sp³-hybridized carbons (Fsp3) is 0.269. The number of anilines is 4. The van der Waals surface area contributed by atoms with Gasteiger partial charge in [-0.3, -0.25) is 19.0 Å². The van der Waals surface area contributed by atoms with Crippen molar-refractivity contribution in [3.8, 4) is 0 Å². The van der Waals surface area contributed by atoms with E-state index in [1.165, 1.54) is 12.2 Å². The van der Waals surface area contributed by atoms with Gasteiger partial charge in [-0.05, 0) is 43.2 Å². The first-order valence-corrected chi connectivity index (χ1v) is 11.7. The van der Waals surface area contributed by atoms with Crippen molar-refractivity contribution < 1.29 is 9.59 Å². The third-order valence-electron chi connectivity index (χ3n) is 6.84. The van der Waals surface area contributed by atoms with Gasteiger partial charge < -0.3 is 20.4 Å². The number of fused-ring (bicyclic) bond motifs is 2. The molecule has 184 valence electrons.